The summed E-state index contributed by atoms with van der Waals surface area (Å²) in [7, 11) is 1.69. The van der Waals surface area contributed by atoms with Crippen molar-refractivity contribution >= 4 is 41.7 Å². The maximum Gasteiger partial charge on any atom is 0.191 e. The number of hydrogen-bond acceptors (Lipinski definition) is 2. The number of nitrogens with zero attached hydrogens (tertiary/aromatic N) is 1. The van der Waals surface area contributed by atoms with E-state index in [-0.39, 0.29) is 35.6 Å². The molecule has 0 aliphatic carbocycles. The van der Waals surface area contributed by atoms with Gasteiger partial charge in [-0.15, -0.1) is 35.7 Å². The molecule has 0 aromatic heterocycles. The molecule has 130 valence electrons. The van der Waals surface area contributed by atoms with E-state index in [0.29, 0.717) is 19.0 Å². The van der Waals surface area contributed by atoms with Gasteiger partial charge in [0.25, 0.3) is 0 Å². The Morgan fingerprint density at radius 3 is 2.46 bits per heavy atom. The highest BCUT2D eigenvalue weighted by molar-refractivity contribution is 14.0. The number of rotatable bonds is 6. The standard InChI is InChI=1S/C17H19F2N3S.HI/c1-20-17(22-12-13-3-2-4-15(19)11-13)21-9-10-23-16-7-5-14(18)6-8-16;/h2-8,11H,9-10,12H2,1H3,(H2,20,21,22);1H. The summed E-state index contributed by atoms with van der Waals surface area (Å²) in [5.41, 5.74) is 0.855. The topological polar surface area (TPSA) is 36.4 Å². The SMILES string of the molecule is CN=C(NCCSc1ccc(F)cc1)NCc1cccc(F)c1.I. The summed E-state index contributed by atoms with van der Waals surface area (Å²) in [6.07, 6.45) is 0. The Kier molecular flexibility index (Phi) is 9.70. The lowest BCUT2D eigenvalue weighted by Gasteiger charge is -2.12. The molecular formula is C17H20F2IN3S. The lowest BCUT2D eigenvalue weighted by atomic mass is 10.2. The highest BCUT2D eigenvalue weighted by Gasteiger charge is 2.00. The summed E-state index contributed by atoms with van der Waals surface area (Å²) in [5.74, 6) is 1.01. The molecule has 3 nitrogen and oxygen atoms in total. The second kappa shape index (κ2) is 11.2. The van der Waals surface area contributed by atoms with Crippen molar-refractivity contribution in [3.63, 3.8) is 0 Å². The fourth-order valence-electron chi connectivity index (χ4n) is 1.92. The number of aliphatic imine (C=N–C) groups is 1. The Bertz CT molecular complexity index is 651. The van der Waals surface area contributed by atoms with Crippen molar-refractivity contribution < 1.29 is 8.78 Å². The molecule has 0 atom stereocenters. The van der Waals surface area contributed by atoms with Crippen LogP contribution in [0.15, 0.2) is 58.4 Å². The van der Waals surface area contributed by atoms with E-state index < -0.39 is 0 Å². The molecule has 2 aromatic carbocycles. The first-order valence-corrected chi connectivity index (χ1v) is 8.23. The van der Waals surface area contributed by atoms with Crippen molar-refractivity contribution in [2.75, 3.05) is 19.3 Å². The number of thioether (sulfide) groups is 1. The van der Waals surface area contributed by atoms with Crippen LogP contribution in [-0.4, -0.2) is 25.3 Å². The van der Waals surface area contributed by atoms with Gasteiger partial charge in [0, 0.05) is 30.8 Å². The molecule has 2 N–H and O–H groups in total. The van der Waals surface area contributed by atoms with E-state index in [9.17, 15) is 8.78 Å². The smallest absolute Gasteiger partial charge is 0.191 e. The van der Waals surface area contributed by atoms with Gasteiger partial charge in [0.15, 0.2) is 5.96 Å². The predicted octanol–water partition coefficient (Wildman–Crippen LogP) is 4.04. The normalized spacial score (nSPS) is 10.9. The maximum absolute atomic E-state index is 13.1. The van der Waals surface area contributed by atoms with Crippen LogP contribution in [0, 0.1) is 11.6 Å². The summed E-state index contributed by atoms with van der Waals surface area (Å²) in [6.45, 7) is 1.22. The summed E-state index contributed by atoms with van der Waals surface area (Å²) in [6, 6.07) is 12.9. The highest BCUT2D eigenvalue weighted by Crippen LogP contribution is 2.17. The fourth-order valence-corrected chi connectivity index (χ4v) is 2.69. The Morgan fingerprint density at radius 2 is 1.79 bits per heavy atom. The molecule has 0 saturated carbocycles. The van der Waals surface area contributed by atoms with E-state index >= 15 is 0 Å². The number of hydrogen-bond donors (Lipinski definition) is 2. The van der Waals surface area contributed by atoms with Gasteiger partial charge in [-0.2, -0.15) is 0 Å². The average Bonchev–Trinajstić information content (AvgIpc) is 2.56. The molecule has 0 saturated heterocycles. The summed E-state index contributed by atoms with van der Waals surface area (Å²) in [4.78, 5) is 5.15. The van der Waals surface area contributed by atoms with Gasteiger partial charge in [0.05, 0.1) is 0 Å². The molecule has 2 rings (SSSR count). The number of benzene rings is 2. The lowest BCUT2D eigenvalue weighted by molar-refractivity contribution is 0.624. The van der Waals surface area contributed by atoms with Crippen LogP contribution in [0.4, 0.5) is 8.78 Å². The zero-order valence-corrected chi connectivity index (χ0v) is 16.4. The molecule has 0 fully saturated rings. The number of halogens is 3. The van der Waals surface area contributed by atoms with Gasteiger partial charge in [-0.3, -0.25) is 4.99 Å². The van der Waals surface area contributed by atoms with Crippen molar-refractivity contribution in [2.45, 2.75) is 11.4 Å². The molecule has 0 amide bonds. The largest absolute Gasteiger partial charge is 0.356 e. The monoisotopic (exact) mass is 463 g/mol. The zero-order chi connectivity index (χ0) is 16.5. The molecule has 0 radical (unpaired) electrons. The third-order valence-corrected chi connectivity index (χ3v) is 4.06. The van der Waals surface area contributed by atoms with Crippen molar-refractivity contribution in [1.29, 1.82) is 0 Å². The van der Waals surface area contributed by atoms with E-state index in [4.69, 9.17) is 0 Å². The van der Waals surface area contributed by atoms with Crippen LogP contribution in [0.5, 0.6) is 0 Å². The maximum atomic E-state index is 13.1. The molecule has 24 heavy (non-hydrogen) atoms. The molecule has 0 spiro atoms. The van der Waals surface area contributed by atoms with E-state index in [2.05, 4.69) is 15.6 Å². The first kappa shape index (κ1) is 20.7. The Morgan fingerprint density at radius 1 is 1.04 bits per heavy atom. The quantitative estimate of drug-likeness (QED) is 0.223. The molecular weight excluding hydrogens is 443 g/mol. The van der Waals surface area contributed by atoms with Gasteiger partial charge in [0.2, 0.25) is 0 Å². The van der Waals surface area contributed by atoms with E-state index in [1.54, 1.807) is 37.0 Å². The van der Waals surface area contributed by atoms with Gasteiger partial charge >= 0.3 is 0 Å². The van der Waals surface area contributed by atoms with Gasteiger partial charge in [-0.05, 0) is 42.0 Å². The van der Waals surface area contributed by atoms with Crippen molar-refractivity contribution in [2.24, 2.45) is 4.99 Å². The Labute approximate surface area is 162 Å². The van der Waals surface area contributed by atoms with Crippen LogP contribution >= 0.6 is 35.7 Å². The molecule has 0 bridgehead atoms. The summed E-state index contributed by atoms with van der Waals surface area (Å²) in [5, 5.41) is 6.32. The van der Waals surface area contributed by atoms with Crippen molar-refractivity contribution in [1.82, 2.24) is 10.6 Å². The van der Waals surface area contributed by atoms with E-state index in [1.807, 2.05) is 6.07 Å². The van der Waals surface area contributed by atoms with Crippen LogP contribution in [-0.2, 0) is 6.54 Å². The molecule has 7 heteroatoms. The van der Waals surface area contributed by atoms with Crippen molar-refractivity contribution in [3.05, 3.63) is 65.7 Å². The Hall–Kier alpha value is -1.35. The van der Waals surface area contributed by atoms with Crippen LogP contribution in [0.25, 0.3) is 0 Å². The van der Waals surface area contributed by atoms with Crippen LogP contribution in [0.2, 0.25) is 0 Å². The van der Waals surface area contributed by atoms with Gasteiger partial charge in [-0.1, -0.05) is 12.1 Å². The number of nitrogens with one attached hydrogen (secondary N) is 2. The van der Waals surface area contributed by atoms with Gasteiger partial charge < -0.3 is 10.6 Å². The zero-order valence-electron chi connectivity index (χ0n) is 13.3. The van der Waals surface area contributed by atoms with Crippen LogP contribution in [0.3, 0.4) is 0 Å². The first-order valence-electron chi connectivity index (χ1n) is 7.24. The third-order valence-electron chi connectivity index (χ3n) is 3.05. The first-order chi connectivity index (χ1) is 11.2. The predicted molar refractivity (Wildman–Crippen MR) is 107 cm³/mol. The molecule has 2 aromatic rings. The molecule has 0 aliphatic heterocycles. The molecule has 0 heterocycles. The molecule has 0 unspecified atom stereocenters. The van der Waals surface area contributed by atoms with E-state index in [0.717, 1.165) is 16.2 Å². The fraction of sp³-hybridized carbons (Fsp3) is 0.235. The summed E-state index contributed by atoms with van der Waals surface area (Å²) >= 11 is 1.64. The second-order valence-corrected chi connectivity index (χ2v) is 5.95. The summed E-state index contributed by atoms with van der Waals surface area (Å²) < 4.78 is 25.9. The highest BCUT2D eigenvalue weighted by atomic mass is 127. The van der Waals surface area contributed by atoms with Crippen molar-refractivity contribution in [3.8, 4) is 0 Å². The number of guanidine groups is 1. The lowest BCUT2D eigenvalue weighted by Crippen LogP contribution is -2.37. The Balaban J connectivity index is 0.00000288. The molecule has 0 aliphatic rings. The van der Waals surface area contributed by atoms with Crippen LogP contribution in [0.1, 0.15) is 5.56 Å². The van der Waals surface area contributed by atoms with Gasteiger partial charge in [0.1, 0.15) is 11.6 Å². The average molecular weight is 463 g/mol. The van der Waals surface area contributed by atoms with Crippen LogP contribution < -0.4 is 10.6 Å². The minimum absolute atomic E-state index is 0. The minimum atomic E-state index is -0.247. The van der Waals surface area contributed by atoms with Gasteiger partial charge in [-0.25, -0.2) is 8.78 Å². The minimum Gasteiger partial charge on any atom is -0.356 e. The third kappa shape index (κ3) is 7.48. The second-order valence-electron chi connectivity index (χ2n) is 4.78. The van der Waals surface area contributed by atoms with E-state index in [1.165, 1.54) is 24.3 Å².